The number of aromatic amines is 1. The van der Waals surface area contributed by atoms with Gasteiger partial charge < -0.3 is 20.4 Å². The summed E-state index contributed by atoms with van der Waals surface area (Å²) in [7, 11) is 2.15. The minimum Gasteiger partial charge on any atom is -0.353 e. The molecule has 2 aromatic heterocycles. The van der Waals surface area contributed by atoms with Crippen LogP contribution in [0.5, 0.6) is 0 Å². The topological polar surface area (TPSA) is 102 Å². The molecule has 2 aliphatic rings. The second-order valence-electron chi connectivity index (χ2n) is 8.95. The van der Waals surface area contributed by atoms with E-state index in [1.165, 1.54) is 11.8 Å². The van der Waals surface area contributed by atoms with Crippen molar-refractivity contribution >= 4 is 52.6 Å². The number of rotatable bonds is 8. The zero-order chi connectivity index (χ0) is 24.4. The smallest absolute Gasteiger partial charge is 0.227 e. The summed E-state index contributed by atoms with van der Waals surface area (Å²) in [4.78, 5) is 28.6. The third kappa shape index (κ3) is 5.91. The average Bonchev–Trinajstić information content (AvgIpc) is 3.63. The molecule has 0 atom stereocenters. The Labute approximate surface area is 213 Å². The first-order valence-corrected chi connectivity index (χ1v) is 13.8. The van der Waals surface area contributed by atoms with Crippen molar-refractivity contribution in [1.29, 1.82) is 0 Å². The van der Waals surface area contributed by atoms with Crippen molar-refractivity contribution < 1.29 is 4.79 Å². The number of carbonyl (C=O) groups is 1. The van der Waals surface area contributed by atoms with Gasteiger partial charge in [0.25, 0.3) is 0 Å². The Morgan fingerprint density at radius 2 is 1.86 bits per heavy atom. The third-order valence-electron chi connectivity index (χ3n) is 6.07. The molecule has 3 heterocycles. The Morgan fingerprint density at radius 1 is 1.11 bits per heavy atom. The number of likely N-dealkylation sites (N-methyl/N-ethyl adjacent to an activating group) is 1. The average molecular weight is 511 g/mol. The Hall–Kier alpha value is -2.76. The summed E-state index contributed by atoms with van der Waals surface area (Å²) in [5, 5.41) is 14.4. The van der Waals surface area contributed by atoms with Gasteiger partial charge in [-0.2, -0.15) is 5.10 Å². The van der Waals surface area contributed by atoms with Crippen LogP contribution in [0.15, 0.2) is 45.3 Å². The Kier molecular flexibility index (Phi) is 7.17. The first-order valence-electron chi connectivity index (χ1n) is 11.8. The van der Waals surface area contributed by atoms with Gasteiger partial charge >= 0.3 is 0 Å². The molecule has 3 N–H and O–H groups in total. The number of nitrogens with one attached hydrogen (secondary N) is 3. The molecule has 0 radical (unpaired) electrons. The fourth-order valence-corrected chi connectivity index (χ4v) is 5.27. The van der Waals surface area contributed by atoms with Gasteiger partial charge in [0.05, 0.1) is 4.90 Å². The third-order valence-corrected chi connectivity index (χ3v) is 7.72. The van der Waals surface area contributed by atoms with Crippen LogP contribution in [0, 0.1) is 12.8 Å². The molecule has 1 amide bonds. The standard InChI is InChI=1S/C24H30N8OS2/c1-15-14-19(30-29-15)26-21-20(34-3)22(32-12-10-31(2)11-13-32)28-24(27-21)35-18-8-6-17(7-9-18)25-23(33)16-4-5-16/h6-9,14,16H,4-5,10-13H2,1-3H3,(H,25,33)(H2,26,27,28,29,30). The van der Waals surface area contributed by atoms with E-state index < -0.39 is 0 Å². The van der Waals surface area contributed by atoms with Crippen LogP contribution in [0.3, 0.4) is 0 Å². The van der Waals surface area contributed by atoms with E-state index in [9.17, 15) is 4.79 Å². The van der Waals surface area contributed by atoms with Crippen LogP contribution >= 0.6 is 23.5 Å². The molecule has 9 nitrogen and oxygen atoms in total. The van der Waals surface area contributed by atoms with Crippen molar-refractivity contribution in [1.82, 2.24) is 25.1 Å². The van der Waals surface area contributed by atoms with E-state index in [0.29, 0.717) is 5.16 Å². The first kappa shape index (κ1) is 24.0. The number of carbonyl (C=O) groups excluding carboxylic acids is 1. The maximum atomic E-state index is 12.0. The number of aromatic nitrogens is 4. The van der Waals surface area contributed by atoms with E-state index >= 15 is 0 Å². The number of anilines is 4. The highest BCUT2D eigenvalue weighted by molar-refractivity contribution is 7.99. The van der Waals surface area contributed by atoms with Crippen molar-refractivity contribution in [3.05, 3.63) is 36.0 Å². The van der Waals surface area contributed by atoms with E-state index in [4.69, 9.17) is 9.97 Å². The fourth-order valence-electron chi connectivity index (χ4n) is 3.87. The van der Waals surface area contributed by atoms with Crippen LogP contribution in [0.25, 0.3) is 0 Å². The van der Waals surface area contributed by atoms with E-state index in [0.717, 1.165) is 77.6 Å². The number of H-pyrrole nitrogens is 1. The summed E-state index contributed by atoms with van der Waals surface area (Å²) in [6, 6.07) is 9.83. The SMILES string of the molecule is CSc1c(Nc2cc(C)[nH]n2)nc(Sc2ccc(NC(=O)C3CC3)cc2)nc1N1CCN(C)CC1. The number of piperazine rings is 1. The maximum absolute atomic E-state index is 12.0. The zero-order valence-electron chi connectivity index (χ0n) is 20.2. The molecule has 1 saturated heterocycles. The molecule has 1 aromatic carbocycles. The second kappa shape index (κ2) is 10.5. The van der Waals surface area contributed by atoms with Gasteiger partial charge in [-0.05, 0) is 69.1 Å². The van der Waals surface area contributed by atoms with Crippen LogP contribution in [0.4, 0.5) is 23.1 Å². The number of hydrogen-bond acceptors (Lipinski definition) is 9. The largest absolute Gasteiger partial charge is 0.353 e. The Morgan fingerprint density at radius 3 is 2.49 bits per heavy atom. The van der Waals surface area contributed by atoms with E-state index in [-0.39, 0.29) is 11.8 Å². The van der Waals surface area contributed by atoms with Crippen molar-refractivity contribution in [2.45, 2.75) is 34.7 Å². The molecular weight excluding hydrogens is 480 g/mol. The molecule has 1 saturated carbocycles. The van der Waals surface area contributed by atoms with Crippen LogP contribution in [0.2, 0.25) is 0 Å². The van der Waals surface area contributed by atoms with E-state index in [2.05, 4.69) is 43.9 Å². The summed E-state index contributed by atoms with van der Waals surface area (Å²) in [5.41, 5.74) is 1.80. The monoisotopic (exact) mass is 510 g/mol. The number of amides is 1. The van der Waals surface area contributed by atoms with Crippen molar-refractivity contribution in [2.24, 2.45) is 5.92 Å². The number of thioether (sulfide) groups is 1. The van der Waals surface area contributed by atoms with Crippen LogP contribution < -0.4 is 15.5 Å². The number of nitrogens with zero attached hydrogens (tertiary/aromatic N) is 5. The summed E-state index contributed by atoms with van der Waals surface area (Å²) in [6.45, 7) is 5.80. The first-order chi connectivity index (χ1) is 17.0. The number of benzene rings is 1. The molecule has 0 unspecified atom stereocenters. The lowest BCUT2D eigenvalue weighted by atomic mass is 10.3. The second-order valence-corrected chi connectivity index (χ2v) is 10.8. The van der Waals surface area contributed by atoms with Gasteiger partial charge in [-0.3, -0.25) is 9.89 Å². The summed E-state index contributed by atoms with van der Waals surface area (Å²) < 4.78 is 0. The highest BCUT2D eigenvalue weighted by atomic mass is 32.2. The summed E-state index contributed by atoms with van der Waals surface area (Å²) in [6.07, 6.45) is 4.04. The number of aryl methyl sites for hydroxylation is 1. The van der Waals surface area contributed by atoms with Gasteiger partial charge in [0.1, 0.15) is 5.82 Å². The molecule has 5 rings (SSSR count). The highest BCUT2D eigenvalue weighted by Crippen LogP contribution is 2.38. The predicted octanol–water partition coefficient (Wildman–Crippen LogP) is 4.23. The Balaban J connectivity index is 1.42. The lowest BCUT2D eigenvalue weighted by Crippen LogP contribution is -2.45. The maximum Gasteiger partial charge on any atom is 0.227 e. The van der Waals surface area contributed by atoms with E-state index in [1.807, 2.05) is 37.3 Å². The molecule has 11 heteroatoms. The quantitative estimate of drug-likeness (QED) is 0.304. The normalized spacial score (nSPS) is 16.4. The molecule has 0 bridgehead atoms. The van der Waals surface area contributed by atoms with Crippen LogP contribution in [-0.4, -0.2) is 70.5 Å². The minimum atomic E-state index is 0.113. The molecule has 35 heavy (non-hydrogen) atoms. The van der Waals surface area contributed by atoms with Gasteiger partial charge in [-0.25, -0.2) is 9.97 Å². The van der Waals surface area contributed by atoms with Crippen molar-refractivity contribution in [2.75, 3.05) is 55.0 Å². The molecule has 0 spiro atoms. The molecule has 3 aromatic rings. The predicted molar refractivity (Wildman–Crippen MR) is 142 cm³/mol. The van der Waals surface area contributed by atoms with Gasteiger partial charge in [0.15, 0.2) is 16.8 Å². The Bertz CT molecular complexity index is 1190. The molecular formula is C24H30N8OS2. The van der Waals surface area contributed by atoms with Gasteiger partial charge in [0.2, 0.25) is 5.91 Å². The van der Waals surface area contributed by atoms with Crippen molar-refractivity contribution in [3.63, 3.8) is 0 Å². The summed E-state index contributed by atoms with van der Waals surface area (Å²) in [5.74, 6) is 2.73. The van der Waals surface area contributed by atoms with Crippen LogP contribution in [-0.2, 0) is 4.79 Å². The molecule has 2 fully saturated rings. The number of hydrogen-bond donors (Lipinski definition) is 3. The highest BCUT2D eigenvalue weighted by Gasteiger charge is 2.29. The zero-order valence-corrected chi connectivity index (χ0v) is 21.8. The van der Waals surface area contributed by atoms with Gasteiger partial charge in [-0.15, -0.1) is 11.8 Å². The molecule has 184 valence electrons. The summed E-state index contributed by atoms with van der Waals surface area (Å²) >= 11 is 3.15. The lowest BCUT2D eigenvalue weighted by Gasteiger charge is -2.34. The minimum absolute atomic E-state index is 0.113. The van der Waals surface area contributed by atoms with E-state index in [1.54, 1.807) is 11.8 Å². The lowest BCUT2D eigenvalue weighted by molar-refractivity contribution is -0.117. The van der Waals surface area contributed by atoms with Gasteiger partial charge in [0, 0.05) is 54.4 Å². The van der Waals surface area contributed by atoms with Gasteiger partial charge in [-0.1, -0.05) is 0 Å². The van der Waals surface area contributed by atoms with Crippen molar-refractivity contribution in [3.8, 4) is 0 Å². The molecule has 1 aliphatic heterocycles. The van der Waals surface area contributed by atoms with Crippen LogP contribution in [0.1, 0.15) is 18.5 Å². The fraction of sp³-hybridized carbons (Fsp3) is 0.417. The molecule has 1 aliphatic carbocycles.